The Morgan fingerprint density at radius 2 is 0.357 bits per heavy atom. The zero-order valence-electron chi connectivity index (χ0n) is 68.6. The molecule has 6 heteroatoms. The lowest BCUT2D eigenvalue weighted by atomic mass is 9.90. The molecule has 126 heavy (non-hydrogen) atoms. The lowest BCUT2D eigenvalue weighted by Gasteiger charge is -2.18. The number of rotatable bonds is 10. The van der Waals surface area contributed by atoms with Gasteiger partial charge in [-0.05, 0) is 158 Å². The van der Waals surface area contributed by atoms with Crippen molar-refractivity contribution in [1.82, 2.24) is 29.9 Å². The van der Waals surface area contributed by atoms with Crippen LogP contribution in [0.2, 0.25) is 0 Å². The lowest BCUT2D eigenvalue weighted by Crippen LogP contribution is -1.97. The van der Waals surface area contributed by atoms with E-state index in [1.54, 1.807) is 0 Å². The van der Waals surface area contributed by atoms with E-state index in [1.807, 2.05) is 12.1 Å². The number of nitrogens with zero attached hydrogens (tertiary/aromatic N) is 6. The third kappa shape index (κ3) is 13.8. The van der Waals surface area contributed by atoms with Crippen molar-refractivity contribution in [3.8, 4) is 112 Å². The molecule has 0 N–H and O–H groups in total. The number of pyridine rings is 6. The molecule has 0 radical (unpaired) electrons. The second-order valence-electron chi connectivity index (χ2n) is 32.2. The van der Waals surface area contributed by atoms with Gasteiger partial charge in [0.25, 0.3) is 0 Å². The van der Waals surface area contributed by atoms with Gasteiger partial charge in [0.2, 0.25) is 0 Å². The van der Waals surface area contributed by atoms with E-state index in [-0.39, 0.29) is 0 Å². The standard InChI is InChI=1S/C52H32N2.C36H24N2.C32H20N2/c1-5-21-37-33(13-1)17-9-25-41(37)47-31-49(43-27-11-19-35-15-3-7-23-39(35)43)53-51-45(47)29-30-46-48(42-26-10-18-34-14-2-6-22-38(34)42)32-50(54-52(46)51)44-28-12-20-36-16-4-8-24-40(36)44;1-5-13-25(14-6-1)31-23-33(27-17-9-3-10-18-27)37-35-29(31)21-22-30-32(26-15-7-2-8-16-26)24-34(38-36(30)35)28-19-11-4-12-20-28;1-3-7-25-19-27(13-9-21(25)5-1)29-17-15-23-11-12-24-16-18-30(34-32(24)31(23)33-29)28-14-10-22-6-2-4-8-26(22)20-28/h1-32H;1-24H;1-20H. The topological polar surface area (TPSA) is 77.3 Å². The minimum Gasteiger partial charge on any atom is -0.245 e. The highest BCUT2D eigenvalue weighted by Crippen LogP contribution is 2.46. The molecule has 6 nitrogen and oxygen atoms in total. The third-order valence-electron chi connectivity index (χ3n) is 24.7. The minimum absolute atomic E-state index is 0.893. The van der Waals surface area contributed by atoms with Crippen molar-refractivity contribution in [2.24, 2.45) is 0 Å². The summed E-state index contributed by atoms with van der Waals surface area (Å²) >= 11 is 0. The molecule has 0 unspecified atom stereocenters. The average molecular weight is 1600 g/mol. The van der Waals surface area contributed by atoms with Gasteiger partial charge >= 0.3 is 0 Å². The fourth-order valence-corrected chi connectivity index (χ4v) is 18.5. The Morgan fingerprint density at radius 1 is 0.103 bits per heavy atom. The molecule has 6 aromatic heterocycles. The molecule has 0 aliphatic rings. The Bertz CT molecular complexity index is 8070. The van der Waals surface area contributed by atoms with E-state index in [4.69, 9.17) is 29.9 Å². The van der Waals surface area contributed by atoms with Crippen LogP contribution in [0.5, 0.6) is 0 Å². The first kappa shape index (κ1) is 74.3. The second-order valence-corrected chi connectivity index (χ2v) is 32.2. The first-order valence-electron chi connectivity index (χ1n) is 42.9. The summed E-state index contributed by atoms with van der Waals surface area (Å²) < 4.78 is 0. The van der Waals surface area contributed by atoms with E-state index < -0.39 is 0 Å². The van der Waals surface area contributed by atoms with Gasteiger partial charge in [-0.15, -0.1) is 0 Å². The molecular formula is C120H76N6. The largest absolute Gasteiger partial charge is 0.245 e. The van der Waals surface area contributed by atoms with Gasteiger partial charge in [-0.3, -0.25) is 0 Å². The summed E-state index contributed by atoms with van der Waals surface area (Å²) in [7, 11) is 0. The summed E-state index contributed by atoms with van der Waals surface area (Å²) in [5, 5.41) is 21.0. The highest BCUT2D eigenvalue weighted by molar-refractivity contribution is 6.19. The Balaban J connectivity index is 0.000000112. The molecule has 0 saturated carbocycles. The molecule has 0 aliphatic carbocycles. The molecule has 25 aromatic rings. The monoisotopic (exact) mass is 1600 g/mol. The van der Waals surface area contributed by atoms with Crippen LogP contribution in [0.3, 0.4) is 0 Å². The van der Waals surface area contributed by atoms with Crippen LogP contribution in [0, 0.1) is 0 Å². The molecule has 0 spiro atoms. The first-order chi connectivity index (χ1) is 62.4. The summed E-state index contributed by atoms with van der Waals surface area (Å²) in [6.45, 7) is 0. The van der Waals surface area contributed by atoms with E-state index in [1.165, 1.54) is 86.9 Å². The summed E-state index contributed by atoms with van der Waals surface area (Å²) in [6.07, 6.45) is 0. The van der Waals surface area contributed by atoms with Crippen LogP contribution < -0.4 is 0 Å². The fraction of sp³-hybridized carbons (Fsp3) is 0. The van der Waals surface area contributed by atoms with Gasteiger partial charge in [0.05, 0.1) is 67.3 Å². The van der Waals surface area contributed by atoms with E-state index in [9.17, 15) is 0 Å². The normalized spacial score (nSPS) is 11.5. The Labute approximate surface area is 728 Å². The molecule has 0 fully saturated rings. The molecule has 0 aliphatic heterocycles. The Kier molecular flexibility index (Phi) is 18.8. The molecule has 0 saturated heterocycles. The van der Waals surface area contributed by atoms with Crippen molar-refractivity contribution < 1.29 is 0 Å². The van der Waals surface area contributed by atoms with Crippen LogP contribution in [0.4, 0.5) is 0 Å². The van der Waals surface area contributed by atoms with Crippen molar-refractivity contribution >= 4 is 130 Å². The molecule has 586 valence electrons. The summed E-state index contributed by atoms with van der Waals surface area (Å²) in [5.41, 5.74) is 27.1. The van der Waals surface area contributed by atoms with Crippen molar-refractivity contribution in [2.45, 2.75) is 0 Å². The van der Waals surface area contributed by atoms with Crippen LogP contribution in [0.25, 0.3) is 242 Å². The van der Waals surface area contributed by atoms with E-state index in [0.717, 1.165) is 155 Å². The number of hydrogen-bond donors (Lipinski definition) is 0. The summed E-state index contributed by atoms with van der Waals surface area (Å²) in [6, 6.07) is 163. The molecule has 6 heterocycles. The van der Waals surface area contributed by atoms with E-state index in [0.29, 0.717) is 0 Å². The Hall–Kier alpha value is -16.8. The number of benzene rings is 19. The van der Waals surface area contributed by atoms with Gasteiger partial charge in [0, 0.05) is 65.7 Å². The van der Waals surface area contributed by atoms with Crippen LogP contribution in [0.15, 0.2) is 461 Å². The number of fused-ring (bicyclic) bond motifs is 15. The molecule has 0 amide bonds. The number of aromatic nitrogens is 6. The highest BCUT2D eigenvalue weighted by atomic mass is 14.8. The van der Waals surface area contributed by atoms with E-state index in [2.05, 4.69) is 449 Å². The van der Waals surface area contributed by atoms with Crippen LogP contribution in [0.1, 0.15) is 0 Å². The van der Waals surface area contributed by atoms with Gasteiger partial charge < -0.3 is 0 Å². The fourth-order valence-electron chi connectivity index (χ4n) is 18.5. The van der Waals surface area contributed by atoms with Gasteiger partial charge in [0.1, 0.15) is 0 Å². The quantitative estimate of drug-likeness (QED) is 0.127. The molecule has 0 bridgehead atoms. The van der Waals surface area contributed by atoms with Crippen molar-refractivity contribution in [3.63, 3.8) is 0 Å². The summed E-state index contributed by atoms with van der Waals surface area (Å²) in [5.74, 6) is 0. The van der Waals surface area contributed by atoms with Gasteiger partial charge in [-0.25, -0.2) is 29.9 Å². The van der Waals surface area contributed by atoms with Crippen LogP contribution in [-0.4, -0.2) is 29.9 Å². The van der Waals surface area contributed by atoms with Gasteiger partial charge in [0.15, 0.2) is 0 Å². The maximum atomic E-state index is 5.62. The van der Waals surface area contributed by atoms with Crippen molar-refractivity contribution in [3.05, 3.63) is 461 Å². The predicted molar refractivity (Wildman–Crippen MR) is 531 cm³/mol. The van der Waals surface area contributed by atoms with Crippen molar-refractivity contribution in [2.75, 3.05) is 0 Å². The zero-order chi connectivity index (χ0) is 83.4. The highest BCUT2D eigenvalue weighted by Gasteiger charge is 2.23. The Morgan fingerprint density at radius 3 is 0.722 bits per heavy atom. The molecule has 0 atom stereocenters. The first-order valence-corrected chi connectivity index (χ1v) is 42.9. The van der Waals surface area contributed by atoms with Crippen LogP contribution >= 0.6 is 0 Å². The zero-order valence-corrected chi connectivity index (χ0v) is 68.6. The minimum atomic E-state index is 0.893. The number of hydrogen-bond acceptors (Lipinski definition) is 6. The van der Waals surface area contributed by atoms with Gasteiger partial charge in [-0.1, -0.05) is 413 Å². The maximum Gasteiger partial charge on any atom is 0.0978 e. The maximum absolute atomic E-state index is 5.62. The molecule has 25 rings (SSSR count). The smallest absolute Gasteiger partial charge is 0.0978 e. The predicted octanol–water partition coefficient (Wildman–Crippen LogP) is 31.9. The van der Waals surface area contributed by atoms with Crippen LogP contribution in [-0.2, 0) is 0 Å². The van der Waals surface area contributed by atoms with Gasteiger partial charge in [-0.2, -0.15) is 0 Å². The molecular weight excluding hydrogens is 1530 g/mol. The SMILES string of the molecule is c1ccc(-c2cc(-c3ccccc3)c3ccc4c(-c5ccccc5)cc(-c5ccccc5)nc4c3n2)cc1.c1ccc2c(-c3cc(-c4cccc5ccccc45)c4ccc5c(-c6cccc7ccccc67)cc(-c6cccc7ccccc67)nc5c4n3)cccc2c1.c1ccc2cc(-c3ccc4ccc5ccc(-c6ccc7ccccc7c6)nc5c4n3)ccc2c1. The lowest BCUT2D eigenvalue weighted by molar-refractivity contribution is 1.36. The third-order valence-corrected chi connectivity index (χ3v) is 24.7. The summed E-state index contributed by atoms with van der Waals surface area (Å²) in [4.78, 5) is 32.0. The average Bonchev–Trinajstić information content (AvgIpc) is 0.736. The van der Waals surface area contributed by atoms with Crippen molar-refractivity contribution in [1.29, 1.82) is 0 Å². The molecule has 19 aromatic carbocycles. The van der Waals surface area contributed by atoms with E-state index >= 15 is 0 Å². The second kappa shape index (κ2) is 32.0.